The van der Waals surface area contributed by atoms with Crippen molar-refractivity contribution in [1.29, 1.82) is 0 Å². The van der Waals surface area contributed by atoms with E-state index in [4.69, 9.17) is 4.98 Å². The van der Waals surface area contributed by atoms with Gasteiger partial charge in [-0.3, -0.25) is 4.98 Å². The fourth-order valence-corrected chi connectivity index (χ4v) is 2.73. The molecule has 0 saturated heterocycles. The number of fused-ring (bicyclic) bond motifs is 1. The summed E-state index contributed by atoms with van der Waals surface area (Å²) in [7, 11) is 0. The van der Waals surface area contributed by atoms with Gasteiger partial charge in [-0.2, -0.15) is 0 Å². The largest absolute Gasteiger partial charge is 0.355 e. The van der Waals surface area contributed by atoms with Crippen LogP contribution in [0.4, 0.5) is 11.4 Å². The van der Waals surface area contributed by atoms with Crippen LogP contribution in [0.15, 0.2) is 79.1 Å². The van der Waals surface area contributed by atoms with Gasteiger partial charge in [0.05, 0.1) is 16.9 Å². The number of benzene rings is 2. The SMILES string of the molecule is Cc1ccc(Nc2cc(-c3cccnc3)nc3ccccc23)cc1. The van der Waals surface area contributed by atoms with Crippen molar-refractivity contribution in [3.63, 3.8) is 0 Å². The minimum Gasteiger partial charge on any atom is -0.355 e. The lowest BCUT2D eigenvalue weighted by Crippen LogP contribution is -1.95. The van der Waals surface area contributed by atoms with Crippen LogP contribution in [0.1, 0.15) is 5.56 Å². The summed E-state index contributed by atoms with van der Waals surface area (Å²) in [5.74, 6) is 0. The molecule has 0 spiro atoms. The third-order valence-corrected chi connectivity index (χ3v) is 4.00. The zero-order valence-corrected chi connectivity index (χ0v) is 13.4. The molecule has 2 heterocycles. The topological polar surface area (TPSA) is 37.8 Å². The second-order valence-corrected chi connectivity index (χ2v) is 5.80. The predicted octanol–water partition coefficient (Wildman–Crippen LogP) is 5.35. The van der Waals surface area contributed by atoms with Crippen LogP contribution >= 0.6 is 0 Å². The van der Waals surface area contributed by atoms with E-state index >= 15 is 0 Å². The number of pyridine rings is 2. The van der Waals surface area contributed by atoms with Gasteiger partial charge in [0.25, 0.3) is 0 Å². The first-order valence-electron chi connectivity index (χ1n) is 7.93. The minimum atomic E-state index is 0.913. The number of anilines is 2. The first-order valence-corrected chi connectivity index (χ1v) is 7.93. The lowest BCUT2D eigenvalue weighted by atomic mass is 10.1. The molecule has 2 aromatic carbocycles. The molecule has 0 aliphatic rings. The third-order valence-electron chi connectivity index (χ3n) is 4.00. The zero-order chi connectivity index (χ0) is 16.4. The van der Waals surface area contributed by atoms with Crippen molar-refractivity contribution in [2.45, 2.75) is 6.92 Å². The van der Waals surface area contributed by atoms with Crippen LogP contribution < -0.4 is 5.32 Å². The molecule has 0 aliphatic carbocycles. The quantitative estimate of drug-likeness (QED) is 0.554. The Labute approximate surface area is 141 Å². The lowest BCUT2D eigenvalue weighted by molar-refractivity contribution is 1.30. The molecule has 2 aromatic heterocycles. The fourth-order valence-electron chi connectivity index (χ4n) is 2.73. The van der Waals surface area contributed by atoms with Crippen LogP contribution in [0, 0.1) is 6.92 Å². The van der Waals surface area contributed by atoms with Crippen molar-refractivity contribution in [2.24, 2.45) is 0 Å². The van der Waals surface area contributed by atoms with Gasteiger partial charge in [-0.1, -0.05) is 35.9 Å². The highest BCUT2D eigenvalue weighted by Gasteiger charge is 2.08. The number of hydrogen-bond donors (Lipinski definition) is 1. The van der Waals surface area contributed by atoms with E-state index in [2.05, 4.69) is 53.6 Å². The maximum Gasteiger partial charge on any atom is 0.0745 e. The van der Waals surface area contributed by atoms with E-state index in [-0.39, 0.29) is 0 Å². The van der Waals surface area contributed by atoms with E-state index in [1.165, 1.54) is 5.56 Å². The van der Waals surface area contributed by atoms with E-state index in [0.29, 0.717) is 0 Å². The van der Waals surface area contributed by atoms with Gasteiger partial charge in [0, 0.05) is 29.0 Å². The van der Waals surface area contributed by atoms with Crippen molar-refractivity contribution < 1.29 is 0 Å². The average molecular weight is 311 g/mol. The molecule has 1 N–H and O–H groups in total. The van der Waals surface area contributed by atoms with Crippen molar-refractivity contribution in [3.8, 4) is 11.3 Å². The van der Waals surface area contributed by atoms with E-state index < -0.39 is 0 Å². The molecule has 0 fully saturated rings. The Hall–Kier alpha value is -3.20. The Bertz CT molecular complexity index is 977. The van der Waals surface area contributed by atoms with Crippen molar-refractivity contribution >= 4 is 22.3 Å². The smallest absolute Gasteiger partial charge is 0.0745 e. The van der Waals surface area contributed by atoms with Crippen LogP contribution in [0.5, 0.6) is 0 Å². The monoisotopic (exact) mass is 311 g/mol. The van der Waals surface area contributed by atoms with E-state index in [9.17, 15) is 0 Å². The van der Waals surface area contributed by atoms with Crippen LogP contribution in [-0.2, 0) is 0 Å². The zero-order valence-electron chi connectivity index (χ0n) is 13.4. The molecule has 0 atom stereocenters. The average Bonchev–Trinajstić information content (AvgIpc) is 2.64. The van der Waals surface area contributed by atoms with Crippen LogP contribution in [-0.4, -0.2) is 9.97 Å². The van der Waals surface area contributed by atoms with Crippen molar-refractivity contribution in [3.05, 3.63) is 84.7 Å². The highest BCUT2D eigenvalue weighted by molar-refractivity contribution is 5.95. The number of rotatable bonds is 3. The predicted molar refractivity (Wildman–Crippen MR) is 99.4 cm³/mol. The molecule has 0 radical (unpaired) electrons. The summed E-state index contributed by atoms with van der Waals surface area (Å²) < 4.78 is 0. The summed E-state index contributed by atoms with van der Waals surface area (Å²) in [6.07, 6.45) is 3.61. The Morgan fingerprint density at radius 2 is 1.71 bits per heavy atom. The van der Waals surface area contributed by atoms with Crippen molar-refractivity contribution in [1.82, 2.24) is 9.97 Å². The van der Waals surface area contributed by atoms with E-state index in [1.807, 2.05) is 36.5 Å². The first kappa shape index (κ1) is 14.4. The molecule has 3 nitrogen and oxygen atoms in total. The first-order chi connectivity index (χ1) is 11.8. The molecule has 0 saturated carbocycles. The minimum absolute atomic E-state index is 0.913. The number of aryl methyl sites for hydroxylation is 1. The summed E-state index contributed by atoms with van der Waals surface area (Å²) >= 11 is 0. The fraction of sp³-hybridized carbons (Fsp3) is 0.0476. The number of nitrogens with zero attached hydrogens (tertiary/aromatic N) is 2. The molecule has 4 rings (SSSR count). The van der Waals surface area contributed by atoms with Gasteiger partial charge in [0.15, 0.2) is 0 Å². The number of para-hydroxylation sites is 1. The summed E-state index contributed by atoms with van der Waals surface area (Å²) in [5, 5.41) is 4.63. The molecule has 0 unspecified atom stereocenters. The van der Waals surface area contributed by atoms with Crippen LogP contribution in [0.25, 0.3) is 22.2 Å². The molecule has 116 valence electrons. The van der Waals surface area contributed by atoms with Gasteiger partial charge in [0.1, 0.15) is 0 Å². The second-order valence-electron chi connectivity index (χ2n) is 5.80. The van der Waals surface area contributed by atoms with E-state index in [1.54, 1.807) is 6.20 Å². The summed E-state index contributed by atoms with van der Waals surface area (Å²) in [4.78, 5) is 8.99. The summed E-state index contributed by atoms with van der Waals surface area (Å²) in [5.41, 5.74) is 6.24. The molecule has 0 bridgehead atoms. The van der Waals surface area contributed by atoms with E-state index in [0.717, 1.165) is 33.5 Å². The van der Waals surface area contributed by atoms with Crippen LogP contribution in [0.3, 0.4) is 0 Å². The van der Waals surface area contributed by atoms with Gasteiger partial charge < -0.3 is 5.32 Å². The highest BCUT2D eigenvalue weighted by Crippen LogP contribution is 2.30. The lowest BCUT2D eigenvalue weighted by Gasteiger charge is -2.12. The molecule has 0 aliphatic heterocycles. The number of hydrogen-bond acceptors (Lipinski definition) is 3. The standard InChI is InChI=1S/C21H17N3/c1-15-8-10-17(11-9-15)23-21-13-20(16-5-4-12-22-14-16)24-19-7-3-2-6-18(19)21/h2-14H,1H3,(H,23,24). The second kappa shape index (κ2) is 6.13. The Kier molecular flexibility index (Phi) is 3.67. The van der Waals surface area contributed by atoms with Crippen LogP contribution in [0.2, 0.25) is 0 Å². The van der Waals surface area contributed by atoms with Gasteiger partial charge in [0.2, 0.25) is 0 Å². The van der Waals surface area contributed by atoms with Gasteiger partial charge in [-0.15, -0.1) is 0 Å². The molecule has 24 heavy (non-hydrogen) atoms. The van der Waals surface area contributed by atoms with Gasteiger partial charge in [-0.05, 0) is 43.3 Å². The maximum atomic E-state index is 4.78. The van der Waals surface area contributed by atoms with Gasteiger partial charge in [-0.25, -0.2) is 4.98 Å². The summed E-state index contributed by atoms with van der Waals surface area (Å²) in [6, 6.07) is 22.6. The molecular weight excluding hydrogens is 294 g/mol. The normalized spacial score (nSPS) is 10.7. The third kappa shape index (κ3) is 2.84. The molecule has 4 aromatic rings. The van der Waals surface area contributed by atoms with Gasteiger partial charge >= 0.3 is 0 Å². The van der Waals surface area contributed by atoms with Crippen molar-refractivity contribution in [2.75, 3.05) is 5.32 Å². The summed E-state index contributed by atoms with van der Waals surface area (Å²) in [6.45, 7) is 2.09. The maximum absolute atomic E-state index is 4.78. The Morgan fingerprint density at radius 3 is 2.50 bits per heavy atom. The molecular formula is C21H17N3. The Balaban J connectivity index is 1.85. The highest BCUT2D eigenvalue weighted by atomic mass is 14.9. The molecule has 0 amide bonds. The number of aromatic nitrogens is 2. The molecule has 3 heteroatoms. The Morgan fingerprint density at radius 1 is 0.875 bits per heavy atom. The number of nitrogens with one attached hydrogen (secondary N) is 1.